The van der Waals surface area contributed by atoms with Gasteiger partial charge in [0.05, 0.1) is 0 Å². The minimum absolute atomic E-state index is 0.400. The molecule has 1 aliphatic heterocycles. The van der Waals surface area contributed by atoms with Crippen LogP contribution in [0.3, 0.4) is 0 Å². The fraction of sp³-hybridized carbons (Fsp3) is 0.833. The van der Waals surface area contributed by atoms with Crippen molar-refractivity contribution < 1.29 is 0 Å². The Hall–Kier alpha value is -0.860. The Morgan fingerprint density at radius 3 is 2.80 bits per heavy atom. The summed E-state index contributed by atoms with van der Waals surface area (Å²) in [6, 6.07) is 0. The molecule has 0 N–H and O–H groups in total. The first kappa shape index (κ1) is 10.7. The maximum absolute atomic E-state index is 4.35. The molecule has 1 aliphatic rings. The topological polar surface area (TPSA) is 30.7 Å². The third kappa shape index (κ3) is 1.92. The molecule has 2 heterocycles. The second-order valence-corrected chi connectivity index (χ2v) is 5.53. The number of hydrogen-bond donors (Lipinski definition) is 0. The van der Waals surface area contributed by atoms with E-state index in [2.05, 4.69) is 42.5 Å². The summed E-state index contributed by atoms with van der Waals surface area (Å²) in [4.78, 5) is 0. The maximum atomic E-state index is 4.35. The summed E-state index contributed by atoms with van der Waals surface area (Å²) >= 11 is 0. The van der Waals surface area contributed by atoms with Gasteiger partial charge >= 0.3 is 0 Å². The second kappa shape index (κ2) is 3.62. The van der Waals surface area contributed by atoms with Crippen LogP contribution in [-0.4, -0.2) is 14.8 Å². The van der Waals surface area contributed by atoms with Crippen molar-refractivity contribution in [3.63, 3.8) is 0 Å². The monoisotopic (exact) mass is 207 g/mol. The first-order chi connectivity index (χ1) is 7.03. The molecule has 0 fully saturated rings. The van der Waals surface area contributed by atoms with Crippen molar-refractivity contribution in [1.82, 2.24) is 14.8 Å². The fourth-order valence-corrected chi connectivity index (χ4v) is 2.21. The van der Waals surface area contributed by atoms with Gasteiger partial charge in [0.1, 0.15) is 11.6 Å². The molecule has 1 aromatic rings. The van der Waals surface area contributed by atoms with Gasteiger partial charge in [0.15, 0.2) is 0 Å². The zero-order valence-corrected chi connectivity index (χ0v) is 10.2. The van der Waals surface area contributed by atoms with Gasteiger partial charge in [-0.1, -0.05) is 27.7 Å². The van der Waals surface area contributed by atoms with Gasteiger partial charge in [0.2, 0.25) is 0 Å². The van der Waals surface area contributed by atoms with E-state index < -0.39 is 0 Å². The molecule has 1 unspecified atom stereocenters. The van der Waals surface area contributed by atoms with Crippen LogP contribution in [0.5, 0.6) is 0 Å². The van der Waals surface area contributed by atoms with Crippen LogP contribution in [0.2, 0.25) is 0 Å². The minimum atomic E-state index is 0.400. The number of aryl methyl sites for hydroxylation is 1. The van der Waals surface area contributed by atoms with Gasteiger partial charge in [-0.05, 0) is 18.3 Å². The average Bonchev–Trinajstić information content (AvgIpc) is 2.58. The second-order valence-electron chi connectivity index (χ2n) is 5.53. The quantitative estimate of drug-likeness (QED) is 0.746. The highest BCUT2D eigenvalue weighted by molar-refractivity contribution is 5.05. The zero-order valence-electron chi connectivity index (χ0n) is 10.2. The van der Waals surface area contributed by atoms with Crippen molar-refractivity contribution in [3.05, 3.63) is 11.6 Å². The third-order valence-electron chi connectivity index (χ3n) is 3.52. The van der Waals surface area contributed by atoms with Gasteiger partial charge in [0.25, 0.3) is 0 Å². The van der Waals surface area contributed by atoms with E-state index in [0.29, 0.717) is 11.3 Å². The number of aromatic nitrogens is 3. The van der Waals surface area contributed by atoms with E-state index in [-0.39, 0.29) is 0 Å². The van der Waals surface area contributed by atoms with Crippen LogP contribution in [0, 0.1) is 5.41 Å². The third-order valence-corrected chi connectivity index (χ3v) is 3.52. The smallest absolute Gasteiger partial charge is 0.135 e. The molecule has 0 aliphatic carbocycles. The van der Waals surface area contributed by atoms with Crippen molar-refractivity contribution in [2.45, 2.75) is 59.4 Å². The highest BCUT2D eigenvalue weighted by Gasteiger charge is 2.29. The molecule has 1 aromatic heterocycles. The summed E-state index contributed by atoms with van der Waals surface area (Å²) in [6.45, 7) is 10.2. The number of fused-ring (bicyclic) bond motifs is 1. The van der Waals surface area contributed by atoms with E-state index in [1.807, 2.05) is 0 Å². The van der Waals surface area contributed by atoms with E-state index in [4.69, 9.17) is 0 Å². The van der Waals surface area contributed by atoms with Crippen molar-refractivity contribution in [3.8, 4) is 0 Å². The van der Waals surface area contributed by atoms with Crippen LogP contribution in [0.4, 0.5) is 0 Å². The number of rotatable bonds is 2. The van der Waals surface area contributed by atoms with E-state index >= 15 is 0 Å². The molecule has 0 bridgehead atoms. The molecular weight excluding hydrogens is 186 g/mol. The lowest BCUT2D eigenvalue weighted by atomic mass is 9.85. The standard InChI is InChI=1S/C12H21N3/c1-5-9(2)11-14-13-10-6-7-12(3,4)8-15(10)11/h9H,5-8H2,1-4H3. The molecule has 1 atom stereocenters. The van der Waals surface area contributed by atoms with Crippen LogP contribution >= 0.6 is 0 Å². The fourth-order valence-electron chi connectivity index (χ4n) is 2.21. The lowest BCUT2D eigenvalue weighted by Gasteiger charge is -2.31. The van der Waals surface area contributed by atoms with Gasteiger partial charge in [-0.25, -0.2) is 0 Å². The first-order valence-corrected chi connectivity index (χ1v) is 5.95. The largest absolute Gasteiger partial charge is 0.314 e. The van der Waals surface area contributed by atoms with Crippen LogP contribution in [0.25, 0.3) is 0 Å². The molecule has 84 valence electrons. The average molecular weight is 207 g/mol. The summed E-state index contributed by atoms with van der Waals surface area (Å²) in [6.07, 6.45) is 3.45. The normalized spacial score (nSPS) is 21.1. The molecule has 0 spiro atoms. The Morgan fingerprint density at radius 2 is 2.13 bits per heavy atom. The van der Waals surface area contributed by atoms with Crippen LogP contribution < -0.4 is 0 Å². The molecule has 3 heteroatoms. The first-order valence-electron chi connectivity index (χ1n) is 5.95. The lowest BCUT2D eigenvalue weighted by Crippen LogP contribution is -2.28. The van der Waals surface area contributed by atoms with Crippen LogP contribution in [0.15, 0.2) is 0 Å². The highest BCUT2D eigenvalue weighted by atomic mass is 15.3. The molecule has 0 aromatic carbocycles. The summed E-state index contributed by atoms with van der Waals surface area (Å²) < 4.78 is 2.34. The molecule has 0 saturated heterocycles. The number of hydrogen-bond acceptors (Lipinski definition) is 2. The van der Waals surface area contributed by atoms with E-state index in [9.17, 15) is 0 Å². The van der Waals surface area contributed by atoms with Gasteiger partial charge < -0.3 is 4.57 Å². The van der Waals surface area contributed by atoms with Crippen molar-refractivity contribution >= 4 is 0 Å². The van der Waals surface area contributed by atoms with Crippen molar-refractivity contribution in [1.29, 1.82) is 0 Å². The van der Waals surface area contributed by atoms with E-state index in [0.717, 1.165) is 19.4 Å². The van der Waals surface area contributed by atoms with Gasteiger partial charge in [-0.2, -0.15) is 0 Å². The lowest BCUT2D eigenvalue weighted by molar-refractivity contribution is 0.241. The summed E-state index contributed by atoms with van der Waals surface area (Å²) in [5.74, 6) is 2.89. The molecule has 0 radical (unpaired) electrons. The molecule has 0 amide bonds. The van der Waals surface area contributed by atoms with Crippen molar-refractivity contribution in [2.24, 2.45) is 5.41 Å². The maximum Gasteiger partial charge on any atom is 0.135 e. The Kier molecular flexibility index (Phi) is 2.57. The predicted molar refractivity (Wildman–Crippen MR) is 60.8 cm³/mol. The van der Waals surface area contributed by atoms with E-state index in [1.54, 1.807) is 0 Å². The van der Waals surface area contributed by atoms with Crippen LogP contribution in [-0.2, 0) is 13.0 Å². The molecule has 2 rings (SSSR count). The number of nitrogens with zero attached hydrogens (tertiary/aromatic N) is 3. The Bertz CT molecular complexity index is 352. The molecule has 0 saturated carbocycles. The zero-order chi connectivity index (χ0) is 11.1. The Morgan fingerprint density at radius 1 is 1.40 bits per heavy atom. The Balaban J connectivity index is 2.33. The highest BCUT2D eigenvalue weighted by Crippen LogP contribution is 2.32. The van der Waals surface area contributed by atoms with Crippen molar-refractivity contribution in [2.75, 3.05) is 0 Å². The minimum Gasteiger partial charge on any atom is -0.314 e. The summed E-state index contributed by atoms with van der Waals surface area (Å²) in [7, 11) is 0. The molecular formula is C12H21N3. The molecule has 3 nitrogen and oxygen atoms in total. The predicted octanol–water partition coefficient (Wildman–Crippen LogP) is 2.76. The van der Waals surface area contributed by atoms with Gasteiger partial charge in [0, 0.05) is 18.9 Å². The SMILES string of the molecule is CCC(C)c1nnc2n1CC(C)(C)CC2. The molecule has 15 heavy (non-hydrogen) atoms. The summed E-state index contributed by atoms with van der Waals surface area (Å²) in [5, 5.41) is 8.65. The Labute approximate surface area is 91.9 Å². The van der Waals surface area contributed by atoms with Crippen LogP contribution in [0.1, 0.15) is 58.1 Å². The van der Waals surface area contributed by atoms with E-state index in [1.165, 1.54) is 18.1 Å². The van der Waals surface area contributed by atoms with Gasteiger partial charge in [-0.15, -0.1) is 10.2 Å². The van der Waals surface area contributed by atoms with Gasteiger partial charge in [-0.3, -0.25) is 0 Å². The summed E-state index contributed by atoms with van der Waals surface area (Å²) in [5.41, 5.74) is 0.400.